The van der Waals surface area contributed by atoms with E-state index in [-0.39, 0.29) is 5.91 Å². The molecule has 0 aromatic heterocycles. The molecule has 2 rings (SSSR count). The van der Waals surface area contributed by atoms with E-state index in [1.165, 1.54) is 11.0 Å². The highest BCUT2D eigenvalue weighted by molar-refractivity contribution is 5.97. The smallest absolute Gasteiger partial charge is 0.257 e. The van der Waals surface area contributed by atoms with Gasteiger partial charge in [-0.15, -0.1) is 0 Å². The Morgan fingerprint density at radius 2 is 1.87 bits per heavy atom. The SMILES string of the molecule is CCOc1ccccc1C(=O)N(C)C(C)c1ccc(F)c(F)c1. The molecule has 1 amide bonds. The molecule has 1 unspecified atom stereocenters. The van der Waals surface area contributed by atoms with Gasteiger partial charge in [-0.3, -0.25) is 4.79 Å². The molecule has 2 aromatic rings. The molecule has 2 aromatic carbocycles. The normalized spacial score (nSPS) is 11.9. The van der Waals surface area contributed by atoms with E-state index in [0.29, 0.717) is 23.5 Å². The van der Waals surface area contributed by atoms with E-state index in [1.54, 1.807) is 38.2 Å². The standard InChI is InChI=1S/C18H19F2NO2/c1-4-23-17-8-6-5-7-14(17)18(22)21(3)12(2)13-9-10-15(19)16(20)11-13/h5-12H,4H2,1-3H3. The minimum Gasteiger partial charge on any atom is -0.493 e. The molecule has 1 atom stereocenters. The van der Waals surface area contributed by atoms with Crippen LogP contribution >= 0.6 is 0 Å². The Hall–Kier alpha value is -2.43. The molecule has 0 spiro atoms. The fourth-order valence-corrected chi connectivity index (χ4v) is 2.29. The third-order valence-corrected chi connectivity index (χ3v) is 3.74. The molecule has 122 valence electrons. The number of amides is 1. The molecule has 23 heavy (non-hydrogen) atoms. The van der Waals surface area contributed by atoms with Crippen molar-refractivity contribution in [3.63, 3.8) is 0 Å². The van der Waals surface area contributed by atoms with Crippen LogP contribution in [0.4, 0.5) is 8.78 Å². The Bertz CT molecular complexity index is 703. The average Bonchev–Trinajstić information content (AvgIpc) is 2.56. The molecule has 3 nitrogen and oxygen atoms in total. The van der Waals surface area contributed by atoms with Crippen molar-refractivity contribution >= 4 is 5.91 Å². The minimum absolute atomic E-state index is 0.244. The van der Waals surface area contributed by atoms with Crippen molar-refractivity contribution in [3.05, 3.63) is 65.2 Å². The van der Waals surface area contributed by atoms with Crippen LogP contribution in [0.3, 0.4) is 0 Å². The maximum absolute atomic E-state index is 13.4. The van der Waals surface area contributed by atoms with Gasteiger partial charge in [0.2, 0.25) is 0 Å². The molecule has 0 aliphatic heterocycles. The first-order valence-electron chi connectivity index (χ1n) is 7.39. The lowest BCUT2D eigenvalue weighted by atomic mass is 10.1. The summed E-state index contributed by atoms with van der Waals surface area (Å²) in [7, 11) is 1.62. The molecule has 0 N–H and O–H groups in total. The fraction of sp³-hybridized carbons (Fsp3) is 0.278. The number of ether oxygens (including phenoxy) is 1. The number of benzene rings is 2. The molecule has 0 saturated carbocycles. The molecule has 5 heteroatoms. The van der Waals surface area contributed by atoms with E-state index in [0.717, 1.165) is 12.1 Å². The summed E-state index contributed by atoms with van der Waals surface area (Å²) < 4.78 is 31.9. The van der Waals surface area contributed by atoms with E-state index in [9.17, 15) is 13.6 Å². The van der Waals surface area contributed by atoms with Crippen LogP contribution in [0.1, 0.15) is 35.8 Å². The molecule has 0 bridgehead atoms. The van der Waals surface area contributed by atoms with Crippen LogP contribution in [0.2, 0.25) is 0 Å². The first kappa shape index (κ1) is 16.9. The topological polar surface area (TPSA) is 29.5 Å². The summed E-state index contributed by atoms with van der Waals surface area (Å²) in [6, 6.07) is 10.2. The van der Waals surface area contributed by atoms with E-state index in [1.807, 2.05) is 6.92 Å². The van der Waals surface area contributed by atoms with E-state index in [4.69, 9.17) is 4.74 Å². The molecule has 0 heterocycles. The summed E-state index contributed by atoms with van der Waals surface area (Å²) in [5.74, 6) is -1.57. The fourth-order valence-electron chi connectivity index (χ4n) is 2.29. The zero-order valence-corrected chi connectivity index (χ0v) is 13.3. The van der Waals surface area contributed by atoms with Crippen LogP contribution in [-0.4, -0.2) is 24.5 Å². The Morgan fingerprint density at radius 1 is 1.17 bits per heavy atom. The summed E-state index contributed by atoms with van der Waals surface area (Å²) in [6.07, 6.45) is 0. The number of carbonyl (C=O) groups is 1. The van der Waals surface area contributed by atoms with Gasteiger partial charge in [-0.2, -0.15) is 0 Å². The highest BCUT2D eigenvalue weighted by Gasteiger charge is 2.22. The summed E-state index contributed by atoms with van der Waals surface area (Å²) in [5.41, 5.74) is 0.958. The minimum atomic E-state index is -0.926. The second-order valence-electron chi connectivity index (χ2n) is 5.19. The number of halogens is 2. The number of hydrogen-bond donors (Lipinski definition) is 0. The lowest BCUT2D eigenvalue weighted by Crippen LogP contribution is -2.30. The Kier molecular flexibility index (Phi) is 5.32. The van der Waals surface area contributed by atoms with Crippen LogP contribution in [0.15, 0.2) is 42.5 Å². The van der Waals surface area contributed by atoms with E-state index >= 15 is 0 Å². The number of nitrogens with zero attached hydrogens (tertiary/aromatic N) is 1. The van der Waals surface area contributed by atoms with Gasteiger partial charge >= 0.3 is 0 Å². The third kappa shape index (κ3) is 3.67. The van der Waals surface area contributed by atoms with Gasteiger partial charge in [-0.1, -0.05) is 18.2 Å². The third-order valence-electron chi connectivity index (χ3n) is 3.74. The van der Waals surface area contributed by atoms with Gasteiger partial charge in [0, 0.05) is 7.05 Å². The summed E-state index contributed by atoms with van der Waals surface area (Å²) in [4.78, 5) is 14.2. The quantitative estimate of drug-likeness (QED) is 0.827. The van der Waals surface area contributed by atoms with Gasteiger partial charge in [-0.25, -0.2) is 8.78 Å². The summed E-state index contributed by atoms with van der Waals surface area (Å²) in [5, 5.41) is 0. The molecular formula is C18H19F2NO2. The van der Waals surface area contributed by atoms with Gasteiger partial charge in [-0.05, 0) is 43.7 Å². The van der Waals surface area contributed by atoms with Crippen LogP contribution in [0.5, 0.6) is 5.75 Å². The van der Waals surface area contributed by atoms with E-state index in [2.05, 4.69) is 0 Å². The van der Waals surface area contributed by atoms with E-state index < -0.39 is 17.7 Å². The molecular weight excluding hydrogens is 300 g/mol. The van der Waals surface area contributed by atoms with Crippen molar-refractivity contribution < 1.29 is 18.3 Å². The highest BCUT2D eigenvalue weighted by Crippen LogP contribution is 2.26. The molecule has 0 saturated heterocycles. The van der Waals surface area contributed by atoms with Crippen LogP contribution < -0.4 is 4.74 Å². The molecule has 0 aliphatic rings. The number of rotatable bonds is 5. The summed E-state index contributed by atoms with van der Waals surface area (Å²) >= 11 is 0. The van der Waals surface area contributed by atoms with Crippen LogP contribution in [-0.2, 0) is 0 Å². The molecule has 0 fully saturated rings. The second kappa shape index (κ2) is 7.22. The lowest BCUT2D eigenvalue weighted by Gasteiger charge is -2.26. The molecule has 0 aliphatic carbocycles. The average molecular weight is 319 g/mol. The van der Waals surface area contributed by atoms with Crippen molar-refractivity contribution in [3.8, 4) is 5.75 Å². The van der Waals surface area contributed by atoms with Crippen LogP contribution in [0.25, 0.3) is 0 Å². The Labute approximate surface area is 134 Å². The predicted molar refractivity (Wildman–Crippen MR) is 84.5 cm³/mol. The summed E-state index contributed by atoms with van der Waals surface area (Å²) in [6.45, 7) is 4.05. The first-order chi connectivity index (χ1) is 11.0. The Morgan fingerprint density at radius 3 is 2.52 bits per heavy atom. The van der Waals surface area contributed by atoms with Gasteiger partial charge in [0.15, 0.2) is 11.6 Å². The van der Waals surface area contributed by atoms with Crippen molar-refractivity contribution in [1.29, 1.82) is 0 Å². The maximum atomic E-state index is 13.4. The second-order valence-corrected chi connectivity index (χ2v) is 5.19. The van der Waals surface area contributed by atoms with Crippen molar-refractivity contribution in [2.75, 3.05) is 13.7 Å². The number of hydrogen-bond acceptors (Lipinski definition) is 2. The van der Waals surface area contributed by atoms with Gasteiger partial charge in [0.1, 0.15) is 5.75 Å². The largest absolute Gasteiger partial charge is 0.493 e. The van der Waals surface area contributed by atoms with Crippen LogP contribution in [0, 0.1) is 11.6 Å². The lowest BCUT2D eigenvalue weighted by molar-refractivity contribution is 0.0738. The first-order valence-corrected chi connectivity index (χ1v) is 7.39. The van der Waals surface area contributed by atoms with Gasteiger partial charge in [0.05, 0.1) is 18.2 Å². The zero-order valence-electron chi connectivity index (χ0n) is 13.3. The van der Waals surface area contributed by atoms with Gasteiger partial charge in [0.25, 0.3) is 5.91 Å². The monoisotopic (exact) mass is 319 g/mol. The predicted octanol–water partition coefficient (Wildman–Crippen LogP) is 4.20. The highest BCUT2D eigenvalue weighted by atomic mass is 19.2. The van der Waals surface area contributed by atoms with Crippen molar-refractivity contribution in [1.82, 2.24) is 4.90 Å². The van der Waals surface area contributed by atoms with Crippen molar-refractivity contribution in [2.24, 2.45) is 0 Å². The molecule has 0 radical (unpaired) electrons. The maximum Gasteiger partial charge on any atom is 0.257 e. The number of carbonyl (C=O) groups excluding carboxylic acids is 1. The number of para-hydroxylation sites is 1. The zero-order chi connectivity index (χ0) is 17.0. The van der Waals surface area contributed by atoms with Gasteiger partial charge < -0.3 is 9.64 Å². The Balaban J connectivity index is 2.26. The van der Waals surface area contributed by atoms with Crippen molar-refractivity contribution in [2.45, 2.75) is 19.9 Å².